The van der Waals surface area contributed by atoms with Crippen molar-refractivity contribution in [2.45, 2.75) is 13.8 Å². The van der Waals surface area contributed by atoms with Crippen LogP contribution in [0.1, 0.15) is 32.4 Å². The second-order valence-corrected chi connectivity index (χ2v) is 6.27. The average Bonchev–Trinajstić information content (AvgIpc) is 2.72. The molecular weight excluding hydrogens is 386 g/mol. The Kier molecular flexibility index (Phi) is 6.16. The maximum absolute atomic E-state index is 12.8. The van der Waals surface area contributed by atoms with Crippen LogP contribution < -0.4 is 20.7 Å². The monoisotopic (exact) mass is 407 g/mol. The van der Waals surface area contributed by atoms with E-state index in [1.807, 2.05) is 6.92 Å². The number of carbonyl (C=O) groups is 2. The van der Waals surface area contributed by atoms with Crippen LogP contribution in [0.5, 0.6) is 5.75 Å². The fourth-order valence-corrected chi connectivity index (χ4v) is 2.76. The Morgan fingerprint density at radius 3 is 2.53 bits per heavy atom. The van der Waals surface area contributed by atoms with Gasteiger partial charge in [0.2, 0.25) is 0 Å². The molecule has 2 amide bonds. The summed E-state index contributed by atoms with van der Waals surface area (Å²) in [5.74, 6) is 0.938. The molecule has 0 aliphatic carbocycles. The average molecular weight is 407 g/mol. The van der Waals surface area contributed by atoms with Crippen LogP contribution in [0.2, 0.25) is 0 Å². The Balaban J connectivity index is 1.95. The Labute approximate surface area is 173 Å². The molecule has 0 radical (unpaired) electrons. The Hall–Kier alpha value is -4.08. The van der Waals surface area contributed by atoms with E-state index in [1.54, 1.807) is 31.2 Å². The van der Waals surface area contributed by atoms with E-state index in [2.05, 4.69) is 35.9 Å². The van der Waals surface area contributed by atoms with Crippen LogP contribution in [0.3, 0.4) is 0 Å². The fraction of sp³-hybridized carbons (Fsp3) is 0.200. The number of nitrogens with one attached hydrogen (secondary N) is 3. The van der Waals surface area contributed by atoms with Gasteiger partial charge < -0.3 is 20.7 Å². The van der Waals surface area contributed by atoms with Crippen LogP contribution in [-0.2, 0) is 0 Å². The zero-order chi connectivity index (χ0) is 21.7. The third-order valence-corrected chi connectivity index (χ3v) is 4.05. The number of nitrogens with zero attached hydrogens (tertiary/aromatic N) is 4. The highest BCUT2D eigenvalue weighted by Crippen LogP contribution is 2.23. The molecule has 0 atom stereocenters. The predicted octanol–water partition coefficient (Wildman–Crippen LogP) is 2.25. The van der Waals surface area contributed by atoms with Crippen LogP contribution in [0.25, 0.3) is 0 Å². The highest BCUT2D eigenvalue weighted by molar-refractivity contribution is 6.09. The first-order chi connectivity index (χ1) is 14.4. The first kappa shape index (κ1) is 20.6. The SMILES string of the molecule is CNC(=O)c1cnc(Nc2cc(C)nc(C)n2)cc1NC(=O)c1ncccc1OC. The summed E-state index contributed by atoms with van der Waals surface area (Å²) in [6, 6.07) is 6.59. The van der Waals surface area contributed by atoms with Crippen LogP contribution in [-0.4, -0.2) is 45.9 Å². The summed E-state index contributed by atoms with van der Waals surface area (Å²) in [4.78, 5) is 41.9. The van der Waals surface area contributed by atoms with E-state index in [1.165, 1.54) is 26.6 Å². The van der Waals surface area contributed by atoms with E-state index < -0.39 is 11.8 Å². The topological polar surface area (TPSA) is 131 Å². The number of hydrogen-bond donors (Lipinski definition) is 3. The lowest BCUT2D eigenvalue weighted by atomic mass is 10.2. The van der Waals surface area contributed by atoms with Crippen molar-refractivity contribution in [3.05, 3.63) is 59.4 Å². The lowest BCUT2D eigenvalue weighted by molar-refractivity contribution is 0.0963. The molecule has 3 aromatic rings. The molecule has 0 aliphatic rings. The van der Waals surface area contributed by atoms with E-state index in [4.69, 9.17) is 4.74 Å². The number of hydrogen-bond acceptors (Lipinski definition) is 8. The van der Waals surface area contributed by atoms with E-state index in [0.29, 0.717) is 23.2 Å². The van der Waals surface area contributed by atoms with Crippen molar-refractivity contribution >= 4 is 29.1 Å². The smallest absolute Gasteiger partial charge is 0.278 e. The van der Waals surface area contributed by atoms with Gasteiger partial charge in [0.25, 0.3) is 11.8 Å². The quantitative estimate of drug-likeness (QED) is 0.567. The summed E-state index contributed by atoms with van der Waals surface area (Å²) in [7, 11) is 2.94. The number of anilines is 3. The number of amides is 2. The molecule has 10 nitrogen and oxygen atoms in total. The molecule has 0 spiro atoms. The maximum atomic E-state index is 12.8. The van der Waals surface area contributed by atoms with Crippen molar-refractivity contribution in [3.63, 3.8) is 0 Å². The second-order valence-electron chi connectivity index (χ2n) is 6.27. The molecule has 3 rings (SSSR count). The van der Waals surface area contributed by atoms with E-state index in [0.717, 1.165) is 5.69 Å². The first-order valence-electron chi connectivity index (χ1n) is 9.03. The number of carbonyl (C=O) groups excluding carboxylic acids is 2. The molecule has 0 aliphatic heterocycles. The molecule has 3 aromatic heterocycles. The third kappa shape index (κ3) is 4.66. The molecule has 3 heterocycles. The highest BCUT2D eigenvalue weighted by Gasteiger charge is 2.19. The molecule has 0 saturated heterocycles. The number of methoxy groups -OCH3 is 1. The number of pyridine rings is 2. The molecule has 0 saturated carbocycles. The second kappa shape index (κ2) is 8.95. The Morgan fingerprint density at radius 2 is 1.83 bits per heavy atom. The van der Waals surface area contributed by atoms with Gasteiger partial charge in [-0.05, 0) is 26.0 Å². The minimum absolute atomic E-state index is 0.0937. The van der Waals surface area contributed by atoms with E-state index in [-0.39, 0.29) is 16.9 Å². The summed E-state index contributed by atoms with van der Waals surface area (Å²) in [5, 5.41) is 8.30. The number of aryl methyl sites for hydroxylation is 2. The minimum atomic E-state index is -0.525. The molecule has 10 heteroatoms. The van der Waals surface area contributed by atoms with Gasteiger partial charge in [-0.1, -0.05) is 0 Å². The molecular formula is C20H21N7O3. The largest absolute Gasteiger partial charge is 0.494 e. The Bertz CT molecular complexity index is 1080. The van der Waals surface area contributed by atoms with Gasteiger partial charge >= 0.3 is 0 Å². The lowest BCUT2D eigenvalue weighted by Gasteiger charge is -2.13. The molecule has 0 unspecified atom stereocenters. The standard InChI is InChI=1S/C20H21N7O3/c1-11-8-17(25-12(2)24-11)27-16-9-14(13(10-23-16)19(28)21-3)26-20(29)18-15(30-4)6-5-7-22-18/h5-10H,1-4H3,(H,21,28)(H2,23,24,25,26,27,29). The number of rotatable bonds is 6. The van der Waals surface area contributed by atoms with Crippen molar-refractivity contribution in [1.29, 1.82) is 0 Å². The normalized spacial score (nSPS) is 10.3. The van der Waals surface area contributed by atoms with Crippen molar-refractivity contribution < 1.29 is 14.3 Å². The molecule has 30 heavy (non-hydrogen) atoms. The van der Waals surface area contributed by atoms with E-state index >= 15 is 0 Å². The van der Waals surface area contributed by atoms with Gasteiger partial charge in [-0.25, -0.2) is 19.9 Å². The van der Waals surface area contributed by atoms with Gasteiger partial charge in [0.1, 0.15) is 23.2 Å². The molecule has 154 valence electrons. The van der Waals surface area contributed by atoms with Gasteiger partial charge in [-0.2, -0.15) is 0 Å². The lowest BCUT2D eigenvalue weighted by Crippen LogP contribution is -2.22. The summed E-state index contributed by atoms with van der Waals surface area (Å²) < 4.78 is 5.19. The van der Waals surface area contributed by atoms with Gasteiger partial charge in [0.05, 0.1) is 18.4 Å². The summed E-state index contributed by atoms with van der Waals surface area (Å²) in [6.45, 7) is 3.64. The molecule has 0 aromatic carbocycles. The van der Waals surface area contributed by atoms with Crippen molar-refractivity contribution in [2.75, 3.05) is 24.8 Å². The van der Waals surface area contributed by atoms with Crippen LogP contribution >= 0.6 is 0 Å². The molecule has 3 N–H and O–H groups in total. The van der Waals surface area contributed by atoms with Crippen molar-refractivity contribution in [3.8, 4) is 5.75 Å². The summed E-state index contributed by atoms with van der Waals surface area (Å²) >= 11 is 0. The fourth-order valence-electron chi connectivity index (χ4n) is 2.76. The van der Waals surface area contributed by atoms with Gasteiger partial charge in [-0.15, -0.1) is 0 Å². The Morgan fingerprint density at radius 1 is 1.03 bits per heavy atom. The minimum Gasteiger partial charge on any atom is -0.494 e. The summed E-state index contributed by atoms with van der Waals surface area (Å²) in [6.07, 6.45) is 2.85. The zero-order valence-electron chi connectivity index (χ0n) is 17.0. The number of ether oxygens (including phenoxy) is 1. The van der Waals surface area contributed by atoms with Crippen molar-refractivity contribution in [1.82, 2.24) is 25.3 Å². The van der Waals surface area contributed by atoms with Gasteiger partial charge in [0.15, 0.2) is 5.69 Å². The van der Waals surface area contributed by atoms with Gasteiger partial charge in [-0.3, -0.25) is 9.59 Å². The van der Waals surface area contributed by atoms with E-state index in [9.17, 15) is 9.59 Å². The highest BCUT2D eigenvalue weighted by atomic mass is 16.5. The number of aromatic nitrogens is 4. The van der Waals surface area contributed by atoms with Crippen molar-refractivity contribution in [2.24, 2.45) is 0 Å². The zero-order valence-corrected chi connectivity index (χ0v) is 17.0. The van der Waals surface area contributed by atoms with Gasteiger partial charge in [0, 0.05) is 37.3 Å². The van der Waals surface area contributed by atoms with Crippen LogP contribution in [0.4, 0.5) is 17.3 Å². The van der Waals surface area contributed by atoms with Crippen LogP contribution in [0.15, 0.2) is 36.7 Å². The van der Waals surface area contributed by atoms with Crippen LogP contribution in [0, 0.1) is 13.8 Å². The maximum Gasteiger partial charge on any atom is 0.278 e. The third-order valence-electron chi connectivity index (χ3n) is 4.05. The first-order valence-corrected chi connectivity index (χ1v) is 9.03. The predicted molar refractivity (Wildman–Crippen MR) is 111 cm³/mol. The summed E-state index contributed by atoms with van der Waals surface area (Å²) in [5.41, 5.74) is 1.34. The molecule has 0 bridgehead atoms. The molecule has 0 fully saturated rings.